The van der Waals surface area contributed by atoms with Gasteiger partial charge in [-0.25, -0.2) is 9.78 Å². The zero-order valence-corrected chi connectivity index (χ0v) is 9.56. The smallest absolute Gasteiger partial charge is 0.349 e. The van der Waals surface area contributed by atoms with Gasteiger partial charge in [-0.05, 0) is 26.8 Å². The Morgan fingerprint density at radius 1 is 1.56 bits per heavy atom. The van der Waals surface area contributed by atoms with Gasteiger partial charge in [0.05, 0.1) is 0 Å². The van der Waals surface area contributed by atoms with E-state index in [-0.39, 0.29) is 12.4 Å². The second-order valence-electron chi connectivity index (χ2n) is 4.32. The molecule has 0 saturated carbocycles. The minimum atomic E-state index is -0.586. The van der Waals surface area contributed by atoms with Crippen molar-refractivity contribution in [3.63, 3.8) is 0 Å². The van der Waals surface area contributed by atoms with E-state index in [1.165, 1.54) is 12.3 Å². The molecule has 1 rings (SSSR count). The van der Waals surface area contributed by atoms with Crippen LogP contribution in [-0.2, 0) is 16.1 Å². The Bertz CT molecular complexity index is 445. The highest BCUT2D eigenvalue weighted by Gasteiger charge is 2.17. The fourth-order valence-corrected chi connectivity index (χ4v) is 1.11. The molecule has 16 heavy (non-hydrogen) atoms. The Hall–Kier alpha value is -1.85. The van der Waals surface area contributed by atoms with Crippen LogP contribution in [0.5, 0.6) is 0 Å². The largest absolute Gasteiger partial charge is 0.459 e. The first-order valence-electron chi connectivity index (χ1n) is 4.83. The highest BCUT2D eigenvalue weighted by molar-refractivity contribution is 5.70. The minimum Gasteiger partial charge on any atom is -0.459 e. The highest BCUT2D eigenvalue weighted by Crippen LogP contribution is 2.08. The lowest BCUT2D eigenvalue weighted by atomic mass is 10.2. The summed E-state index contributed by atoms with van der Waals surface area (Å²) in [5.41, 5.74) is 4.40. The Kier molecular flexibility index (Phi) is 3.31. The molecule has 0 aliphatic heterocycles. The van der Waals surface area contributed by atoms with Gasteiger partial charge in [-0.2, -0.15) is 0 Å². The van der Waals surface area contributed by atoms with E-state index >= 15 is 0 Å². The molecule has 0 saturated heterocycles. The molecule has 1 aromatic rings. The molecule has 0 atom stereocenters. The molecule has 6 heteroatoms. The Labute approximate surface area is 93.0 Å². The molecule has 88 valence electrons. The monoisotopic (exact) mass is 225 g/mol. The summed E-state index contributed by atoms with van der Waals surface area (Å²) in [5.74, 6) is -0.333. The van der Waals surface area contributed by atoms with Crippen molar-refractivity contribution in [2.75, 3.05) is 5.73 Å². The number of aromatic nitrogens is 2. The van der Waals surface area contributed by atoms with Gasteiger partial charge in [0, 0.05) is 6.20 Å². The molecule has 6 nitrogen and oxygen atoms in total. The number of nitrogens with two attached hydrogens (primary N) is 1. The third-order valence-corrected chi connectivity index (χ3v) is 1.68. The molecule has 1 heterocycles. The molecule has 0 fully saturated rings. The van der Waals surface area contributed by atoms with Crippen molar-refractivity contribution in [2.24, 2.45) is 0 Å². The molecular weight excluding hydrogens is 210 g/mol. The van der Waals surface area contributed by atoms with E-state index in [1.54, 1.807) is 20.8 Å². The molecular formula is C10H15N3O3. The predicted molar refractivity (Wildman–Crippen MR) is 58.8 cm³/mol. The number of ether oxygens (including phenoxy) is 1. The second kappa shape index (κ2) is 4.34. The number of esters is 1. The van der Waals surface area contributed by atoms with Crippen LogP contribution >= 0.6 is 0 Å². The lowest BCUT2D eigenvalue weighted by Crippen LogP contribution is -2.32. The maximum Gasteiger partial charge on any atom is 0.349 e. The van der Waals surface area contributed by atoms with Gasteiger partial charge in [0.25, 0.3) is 0 Å². The zero-order chi connectivity index (χ0) is 12.3. The van der Waals surface area contributed by atoms with E-state index < -0.39 is 17.3 Å². The van der Waals surface area contributed by atoms with Crippen LogP contribution in [0.2, 0.25) is 0 Å². The fourth-order valence-electron chi connectivity index (χ4n) is 1.11. The molecule has 0 aliphatic carbocycles. The lowest BCUT2D eigenvalue weighted by Gasteiger charge is -2.19. The molecule has 0 amide bonds. The second-order valence-corrected chi connectivity index (χ2v) is 4.32. The number of carbonyl (C=O) groups excluding carboxylic acids is 1. The van der Waals surface area contributed by atoms with Gasteiger partial charge >= 0.3 is 11.7 Å². The maximum absolute atomic E-state index is 11.5. The average molecular weight is 225 g/mol. The van der Waals surface area contributed by atoms with Crippen LogP contribution in [0.3, 0.4) is 0 Å². The third kappa shape index (κ3) is 3.38. The van der Waals surface area contributed by atoms with Crippen molar-refractivity contribution in [1.82, 2.24) is 9.55 Å². The molecule has 0 radical (unpaired) electrons. The number of anilines is 1. The number of rotatable bonds is 2. The summed E-state index contributed by atoms with van der Waals surface area (Å²) in [5, 5.41) is 0. The summed E-state index contributed by atoms with van der Waals surface area (Å²) in [6, 6.07) is 1.45. The van der Waals surface area contributed by atoms with E-state index in [0.717, 1.165) is 4.57 Å². The normalized spacial score (nSPS) is 11.2. The number of hydrogen-bond acceptors (Lipinski definition) is 5. The zero-order valence-electron chi connectivity index (χ0n) is 9.56. The Morgan fingerprint density at radius 2 is 2.19 bits per heavy atom. The first-order chi connectivity index (χ1) is 7.29. The van der Waals surface area contributed by atoms with Crippen LogP contribution in [0.25, 0.3) is 0 Å². The first-order valence-corrected chi connectivity index (χ1v) is 4.83. The van der Waals surface area contributed by atoms with Crippen LogP contribution in [0.15, 0.2) is 17.1 Å². The first kappa shape index (κ1) is 12.2. The fraction of sp³-hybridized carbons (Fsp3) is 0.500. The molecule has 2 N–H and O–H groups in total. The van der Waals surface area contributed by atoms with E-state index in [4.69, 9.17) is 10.5 Å². The maximum atomic E-state index is 11.5. The van der Waals surface area contributed by atoms with Gasteiger partial charge < -0.3 is 10.5 Å². The molecule has 0 aromatic carbocycles. The SMILES string of the molecule is CC(C)(C)OC(=O)Cn1c(N)ccnc1=O. The topological polar surface area (TPSA) is 87.2 Å². The van der Waals surface area contributed by atoms with Crippen LogP contribution in [0.1, 0.15) is 20.8 Å². The molecule has 0 aliphatic rings. The van der Waals surface area contributed by atoms with E-state index in [0.29, 0.717) is 0 Å². The molecule has 1 aromatic heterocycles. The van der Waals surface area contributed by atoms with Crippen LogP contribution in [0, 0.1) is 0 Å². The number of nitrogens with zero attached hydrogens (tertiary/aromatic N) is 2. The van der Waals surface area contributed by atoms with Crippen molar-refractivity contribution in [1.29, 1.82) is 0 Å². The standard InChI is InChI=1S/C10H15N3O3/c1-10(2,3)16-8(14)6-13-7(11)4-5-12-9(13)15/h4-5H,6,11H2,1-3H3. The summed E-state index contributed by atoms with van der Waals surface area (Å²) in [6.45, 7) is 5.02. The van der Waals surface area contributed by atoms with Gasteiger partial charge in [-0.3, -0.25) is 9.36 Å². The van der Waals surface area contributed by atoms with Crippen molar-refractivity contribution >= 4 is 11.8 Å². The average Bonchev–Trinajstić information content (AvgIpc) is 2.08. The summed E-state index contributed by atoms with van der Waals surface area (Å²) < 4.78 is 6.13. The summed E-state index contributed by atoms with van der Waals surface area (Å²) in [6.07, 6.45) is 1.29. The summed E-state index contributed by atoms with van der Waals surface area (Å²) in [7, 11) is 0. The van der Waals surface area contributed by atoms with Gasteiger partial charge in [0.2, 0.25) is 0 Å². The molecule has 0 unspecified atom stereocenters. The highest BCUT2D eigenvalue weighted by atomic mass is 16.6. The van der Waals surface area contributed by atoms with Gasteiger partial charge in [0.1, 0.15) is 18.0 Å². The number of carbonyl (C=O) groups is 1. The summed E-state index contributed by atoms with van der Waals surface area (Å²) >= 11 is 0. The Morgan fingerprint density at radius 3 is 2.69 bits per heavy atom. The van der Waals surface area contributed by atoms with E-state index in [1.807, 2.05) is 0 Å². The van der Waals surface area contributed by atoms with Crippen LogP contribution in [-0.4, -0.2) is 21.1 Å². The van der Waals surface area contributed by atoms with Crippen LogP contribution < -0.4 is 11.4 Å². The van der Waals surface area contributed by atoms with E-state index in [2.05, 4.69) is 4.98 Å². The predicted octanol–water partition coefficient (Wildman–Crippen LogP) is 0.167. The van der Waals surface area contributed by atoms with Gasteiger partial charge in [-0.1, -0.05) is 0 Å². The summed E-state index contributed by atoms with van der Waals surface area (Å²) in [4.78, 5) is 26.3. The van der Waals surface area contributed by atoms with Crippen LogP contribution in [0.4, 0.5) is 5.82 Å². The minimum absolute atomic E-state index is 0.186. The molecule has 0 spiro atoms. The molecule has 0 bridgehead atoms. The van der Waals surface area contributed by atoms with Crippen molar-refractivity contribution in [3.05, 3.63) is 22.7 Å². The van der Waals surface area contributed by atoms with Crippen molar-refractivity contribution < 1.29 is 9.53 Å². The number of nitrogen functional groups attached to an aromatic ring is 1. The lowest BCUT2D eigenvalue weighted by molar-refractivity contribution is -0.155. The third-order valence-electron chi connectivity index (χ3n) is 1.68. The van der Waals surface area contributed by atoms with Crippen molar-refractivity contribution in [2.45, 2.75) is 32.9 Å². The van der Waals surface area contributed by atoms with Gasteiger partial charge in [0.15, 0.2) is 0 Å². The number of hydrogen-bond donors (Lipinski definition) is 1. The Balaban J connectivity index is 2.82. The van der Waals surface area contributed by atoms with E-state index in [9.17, 15) is 9.59 Å². The van der Waals surface area contributed by atoms with Gasteiger partial charge in [-0.15, -0.1) is 0 Å². The van der Waals surface area contributed by atoms with Crippen molar-refractivity contribution in [3.8, 4) is 0 Å². The quantitative estimate of drug-likeness (QED) is 0.725.